The van der Waals surface area contributed by atoms with Crippen molar-refractivity contribution in [2.45, 2.75) is 37.8 Å². The van der Waals surface area contributed by atoms with Crippen molar-refractivity contribution >= 4 is 62.4 Å². The highest BCUT2D eigenvalue weighted by atomic mass is 32.2. The van der Waals surface area contributed by atoms with E-state index in [1.54, 1.807) is 20.8 Å². The van der Waals surface area contributed by atoms with Gasteiger partial charge < -0.3 is 24.9 Å². The first-order chi connectivity index (χ1) is 16.6. The molecule has 198 valence electrons. The van der Waals surface area contributed by atoms with E-state index in [2.05, 4.69) is 15.5 Å². The summed E-state index contributed by atoms with van der Waals surface area (Å²) in [5, 5.41) is 16.9. The van der Waals surface area contributed by atoms with Crippen LogP contribution in [0.5, 0.6) is 0 Å². The molecule has 0 aliphatic carbocycles. The summed E-state index contributed by atoms with van der Waals surface area (Å²) in [6, 6.07) is -0.984. The van der Waals surface area contributed by atoms with Crippen molar-refractivity contribution < 1.29 is 42.3 Å². The van der Waals surface area contributed by atoms with Gasteiger partial charge >= 0.3 is 11.9 Å². The van der Waals surface area contributed by atoms with Gasteiger partial charge in [0, 0.05) is 23.9 Å². The highest BCUT2D eigenvalue weighted by Gasteiger charge is 2.58. The Balaban J connectivity index is 1.69. The maximum atomic E-state index is 13.0. The fraction of sp³-hybridized carbons (Fsp3) is 0.600. The number of hydrogen-bond acceptors (Lipinski definition) is 12. The lowest BCUT2D eigenvalue weighted by molar-refractivity contribution is -0.160. The standard InChI is InChI=1S/C20H26N4O9S3/c1-19(2,3)33-12(25)5-32-23-13(11-6-34-10-21-11)15(26)22-14-16(27)24-7-20(18(28)29,8-35-17(14)24)9-36(4,30)31/h6,10,14,17H,5,7-9H2,1-4H3,(H,22,26)(H,28,29)/t14?,17-,20?/m1/s1. The van der Waals surface area contributed by atoms with Crippen LogP contribution in [0, 0.1) is 5.41 Å². The highest BCUT2D eigenvalue weighted by Crippen LogP contribution is 2.42. The van der Waals surface area contributed by atoms with Crippen LogP contribution in [0.15, 0.2) is 16.0 Å². The van der Waals surface area contributed by atoms with Gasteiger partial charge in [0.1, 0.15) is 38.0 Å². The van der Waals surface area contributed by atoms with Crippen LogP contribution in [0.3, 0.4) is 0 Å². The highest BCUT2D eigenvalue weighted by molar-refractivity contribution is 8.00. The summed E-state index contributed by atoms with van der Waals surface area (Å²) in [7, 11) is -3.63. The Labute approximate surface area is 215 Å². The van der Waals surface area contributed by atoms with E-state index in [1.807, 2.05) is 0 Å². The maximum absolute atomic E-state index is 13.0. The number of thiazole rings is 1. The van der Waals surface area contributed by atoms with Crippen LogP contribution in [-0.4, -0.2) is 101 Å². The van der Waals surface area contributed by atoms with Gasteiger partial charge in [-0.05, 0) is 20.8 Å². The third-order valence-corrected chi connectivity index (χ3v) is 8.32. The summed E-state index contributed by atoms with van der Waals surface area (Å²) in [4.78, 5) is 59.8. The Morgan fingerprint density at radius 1 is 1.36 bits per heavy atom. The largest absolute Gasteiger partial charge is 0.481 e. The zero-order chi connectivity index (χ0) is 26.9. The van der Waals surface area contributed by atoms with E-state index < -0.39 is 68.4 Å². The van der Waals surface area contributed by atoms with Crippen LogP contribution in [-0.2, 0) is 38.6 Å². The molecule has 0 radical (unpaired) electrons. The maximum Gasteiger partial charge on any atom is 0.347 e. The van der Waals surface area contributed by atoms with E-state index in [1.165, 1.54) is 27.1 Å². The number of oxime groups is 1. The summed E-state index contributed by atoms with van der Waals surface area (Å²) < 4.78 is 28.7. The smallest absolute Gasteiger partial charge is 0.347 e. The van der Waals surface area contributed by atoms with Gasteiger partial charge in [0.05, 0.1) is 11.3 Å². The Morgan fingerprint density at radius 2 is 2.06 bits per heavy atom. The first-order valence-electron chi connectivity index (χ1n) is 10.6. The molecular formula is C20H26N4O9S3. The molecule has 2 unspecified atom stereocenters. The van der Waals surface area contributed by atoms with E-state index in [4.69, 9.17) is 9.57 Å². The van der Waals surface area contributed by atoms with Gasteiger partial charge in [0.15, 0.2) is 5.71 Å². The minimum absolute atomic E-state index is 0.0533. The second-order valence-electron chi connectivity index (χ2n) is 9.45. The summed E-state index contributed by atoms with van der Waals surface area (Å²) >= 11 is 2.27. The van der Waals surface area contributed by atoms with Gasteiger partial charge in [-0.15, -0.1) is 23.1 Å². The number of sulfone groups is 1. The second kappa shape index (κ2) is 10.3. The molecule has 0 aromatic carbocycles. The van der Waals surface area contributed by atoms with E-state index in [9.17, 15) is 32.7 Å². The molecule has 13 nitrogen and oxygen atoms in total. The Morgan fingerprint density at radius 3 is 2.61 bits per heavy atom. The third-order valence-electron chi connectivity index (χ3n) is 5.07. The number of ether oxygens (including phenoxy) is 1. The van der Waals surface area contributed by atoms with Crippen LogP contribution in [0.1, 0.15) is 26.5 Å². The van der Waals surface area contributed by atoms with Crippen molar-refractivity contribution in [2.24, 2.45) is 10.6 Å². The number of carbonyl (C=O) groups is 4. The first-order valence-corrected chi connectivity index (χ1v) is 14.6. The number of nitrogens with one attached hydrogen (secondary N) is 1. The molecule has 3 rings (SSSR count). The molecule has 2 aliphatic heterocycles. The lowest BCUT2D eigenvalue weighted by Crippen LogP contribution is -2.74. The zero-order valence-corrected chi connectivity index (χ0v) is 22.4. The molecule has 0 saturated carbocycles. The molecule has 2 N–H and O–H groups in total. The number of aromatic nitrogens is 1. The molecule has 3 heterocycles. The quantitative estimate of drug-likeness (QED) is 0.175. The number of rotatable bonds is 9. The number of carbonyl (C=O) groups excluding carboxylic acids is 3. The summed E-state index contributed by atoms with van der Waals surface area (Å²) in [5.74, 6) is -3.99. The number of hydrogen-bond donors (Lipinski definition) is 2. The van der Waals surface area contributed by atoms with Gasteiger partial charge in [-0.25, -0.2) is 18.2 Å². The van der Waals surface area contributed by atoms with Crippen molar-refractivity contribution in [1.29, 1.82) is 0 Å². The predicted octanol–water partition coefficient (Wildman–Crippen LogP) is -0.279. The number of aliphatic carboxylic acids is 1. The first kappa shape index (κ1) is 27.9. The van der Waals surface area contributed by atoms with Crippen molar-refractivity contribution in [3.63, 3.8) is 0 Å². The minimum atomic E-state index is -3.63. The molecule has 3 atom stereocenters. The number of fused-ring (bicyclic) bond motifs is 1. The lowest BCUT2D eigenvalue weighted by Gasteiger charge is -2.53. The van der Waals surface area contributed by atoms with Crippen LogP contribution in [0.4, 0.5) is 0 Å². The molecule has 1 aromatic rings. The fourth-order valence-electron chi connectivity index (χ4n) is 3.67. The molecule has 36 heavy (non-hydrogen) atoms. The summed E-state index contributed by atoms with van der Waals surface area (Å²) in [6.45, 7) is 4.22. The van der Waals surface area contributed by atoms with Gasteiger partial charge in [-0.2, -0.15) is 0 Å². The number of carboxylic acid groups (broad SMARTS) is 1. The molecule has 2 aliphatic rings. The number of carboxylic acids is 1. The molecule has 2 saturated heterocycles. The topological polar surface area (TPSA) is 182 Å². The lowest BCUT2D eigenvalue weighted by atomic mass is 9.89. The number of thioether (sulfide) groups is 1. The van der Waals surface area contributed by atoms with Gasteiger partial charge in [-0.3, -0.25) is 14.4 Å². The Kier molecular flexibility index (Phi) is 8.00. The SMILES string of the molecule is CC(C)(C)OC(=O)CON=C(C(=O)NC1C(=O)N2CC(CS(C)(=O)=O)(C(=O)O)CS[C@H]12)c1cscn1. The summed E-state index contributed by atoms with van der Waals surface area (Å²) in [6.07, 6.45) is 0.944. The van der Waals surface area contributed by atoms with E-state index in [0.717, 1.165) is 18.0 Å². The van der Waals surface area contributed by atoms with Crippen LogP contribution in [0.2, 0.25) is 0 Å². The summed E-state index contributed by atoms with van der Waals surface area (Å²) in [5.41, 5.74) is -0.995. The Bertz CT molecular complexity index is 1180. The fourth-order valence-corrected chi connectivity index (χ4v) is 7.20. The molecule has 0 bridgehead atoms. The van der Waals surface area contributed by atoms with Gasteiger partial charge in [0.25, 0.3) is 5.91 Å². The number of nitrogens with zero attached hydrogens (tertiary/aromatic N) is 3. The molecule has 1 aromatic heterocycles. The molecule has 16 heteroatoms. The molecule has 2 amide bonds. The monoisotopic (exact) mass is 562 g/mol. The van der Waals surface area contributed by atoms with Crippen molar-refractivity contribution in [3.8, 4) is 0 Å². The van der Waals surface area contributed by atoms with E-state index >= 15 is 0 Å². The van der Waals surface area contributed by atoms with Crippen molar-refractivity contribution in [3.05, 3.63) is 16.6 Å². The predicted molar refractivity (Wildman–Crippen MR) is 130 cm³/mol. The van der Waals surface area contributed by atoms with E-state index in [-0.39, 0.29) is 23.7 Å². The average molecular weight is 563 g/mol. The van der Waals surface area contributed by atoms with Gasteiger partial charge in [0.2, 0.25) is 12.5 Å². The number of esters is 1. The molecule has 2 fully saturated rings. The van der Waals surface area contributed by atoms with Crippen LogP contribution < -0.4 is 5.32 Å². The van der Waals surface area contributed by atoms with Crippen molar-refractivity contribution in [2.75, 3.05) is 30.9 Å². The molecule has 0 spiro atoms. The van der Waals surface area contributed by atoms with E-state index in [0.29, 0.717) is 0 Å². The average Bonchev–Trinajstić information content (AvgIpc) is 3.26. The third kappa shape index (κ3) is 6.53. The minimum Gasteiger partial charge on any atom is -0.481 e. The van der Waals surface area contributed by atoms with Crippen LogP contribution >= 0.6 is 23.1 Å². The van der Waals surface area contributed by atoms with Crippen LogP contribution in [0.25, 0.3) is 0 Å². The Hall–Kier alpha value is -2.72. The second-order valence-corrected chi connectivity index (χ2v) is 13.4. The number of amides is 2. The zero-order valence-electron chi connectivity index (χ0n) is 19.9. The molecular weight excluding hydrogens is 536 g/mol. The van der Waals surface area contributed by atoms with Gasteiger partial charge in [-0.1, -0.05) is 5.16 Å². The van der Waals surface area contributed by atoms with Crippen molar-refractivity contribution in [1.82, 2.24) is 15.2 Å². The number of β-lactam (4-membered cyclic amide) rings is 1. The normalized spacial score (nSPS) is 24.4.